The lowest BCUT2D eigenvalue weighted by Gasteiger charge is -2.10. The highest BCUT2D eigenvalue weighted by atomic mass is 16.1. The average Bonchev–Trinajstić information content (AvgIpc) is 3.07. The van der Waals surface area contributed by atoms with Gasteiger partial charge in [-0.05, 0) is 18.2 Å². The molecule has 6 heteroatoms. The van der Waals surface area contributed by atoms with E-state index in [0.717, 1.165) is 28.4 Å². The predicted molar refractivity (Wildman–Crippen MR) is 102 cm³/mol. The molecule has 4 aromatic rings. The number of carbonyl (C=O) groups excluding carboxylic acids is 1. The highest BCUT2D eigenvalue weighted by molar-refractivity contribution is 5.95. The molecule has 0 fully saturated rings. The van der Waals surface area contributed by atoms with E-state index >= 15 is 0 Å². The van der Waals surface area contributed by atoms with Crippen LogP contribution in [0.1, 0.15) is 10.4 Å². The second kappa shape index (κ2) is 6.68. The molecule has 0 bridgehead atoms. The summed E-state index contributed by atoms with van der Waals surface area (Å²) in [6.07, 6.45) is 5.30. The van der Waals surface area contributed by atoms with E-state index in [1.54, 1.807) is 25.5 Å². The predicted octanol–water partition coefficient (Wildman–Crippen LogP) is 3.50. The van der Waals surface area contributed by atoms with Crippen LogP contribution in [0.25, 0.3) is 16.9 Å². The molecule has 26 heavy (non-hydrogen) atoms. The van der Waals surface area contributed by atoms with Gasteiger partial charge in [0.2, 0.25) is 0 Å². The van der Waals surface area contributed by atoms with Crippen LogP contribution >= 0.6 is 0 Å². The van der Waals surface area contributed by atoms with Gasteiger partial charge < -0.3 is 10.6 Å². The van der Waals surface area contributed by atoms with E-state index in [-0.39, 0.29) is 5.91 Å². The number of aromatic nitrogens is 3. The lowest BCUT2D eigenvalue weighted by atomic mass is 10.1. The molecule has 0 saturated heterocycles. The number of amides is 1. The van der Waals surface area contributed by atoms with Crippen LogP contribution in [0, 0.1) is 0 Å². The van der Waals surface area contributed by atoms with Crippen molar-refractivity contribution in [2.75, 3.05) is 12.4 Å². The summed E-state index contributed by atoms with van der Waals surface area (Å²) < 4.78 is 1.95. The quantitative estimate of drug-likeness (QED) is 0.595. The molecule has 0 aliphatic carbocycles. The fourth-order valence-electron chi connectivity index (χ4n) is 2.84. The Balaban J connectivity index is 1.82. The van der Waals surface area contributed by atoms with Gasteiger partial charge in [-0.1, -0.05) is 36.4 Å². The van der Waals surface area contributed by atoms with Crippen molar-refractivity contribution >= 4 is 23.1 Å². The van der Waals surface area contributed by atoms with Gasteiger partial charge in [-0.3, -0.25) is 14.2 Å². The average molecular weight is 343 g/mol. The van der Waals surface area contributed by atoms with Crippen LogP contribution in [-0.4, -0.2) is 27.3 Å². The zero-order chi connectivity index (χ0) is 17.9. The Labute approximate surface area is 150 Å². The number of hydrogen-bond acceptors (Lipinski definition) is 4. The molecule has 2 aromatic heterocycles. The zero-order valence-electron chi connectivity index (χ0n) is 14.2. The number of carbonyl (C=O) groups is 1. The maximum absolute atomic E-state index is 11.9. The topological polar surface area (TPSA) is 71.3 Å². The van der Waals surface area contributed by atoms with Crippen molar-refractivity contribution in [3.05, 3.63) is 78.8 Å². The molecule has 0 unspecified atom stereocenters. The van der Waals surface area contributed by atoms with Crippen molar-refractivity contribution in [1.29, 1.82) is 0 Å². The highest BCUT2D eigenvalue weighted by Crippen LogP contribution is 2.30. The Morgan fingerprint density at radius 3 is 2.73 bits per heavy atom. The summed E-state index contributed by atoms with van der Waals surface area (Å²) >= 11 is 0. The van der Waals surface area contributed by atoms with E-state index < -0.39 is 0 Å². The first kappa shape index (κ1) is 15.8. The number of nitrogens with zero attached hydrogens (tertiary/aromatic N) is 3. The van der Waals surface area contributed by atoms with E-state index in [1.807, 2.05) is 59.1 Å². The fraction of sp³-hybridized carbons (Fsp3) is 0.0500. The van der Waals surface area contributed by atoms with E-state index in [2.05, 4.69) is 15.6 Å². The normalized spacial score (nSPS) is 10.7. The molecule has 0 aliphatic heterocycles. The Kier molecular flexibility index (Phi) is 4.07. The third-order valence-corrected chi connectivity index (χ3v) is 4.09. The maximum Gasteiger partial charge on any atom is 0.251 e. The summed E-state index contributed by atoms with van der Waals surface area (Å²) in [6.45, 7) is 0. The van der Waals surface area contributed by atoms with Crippen LogP contribution in [0.3, 0.4) is 0 Å². The molecule has 0 aliphatic rings. The van der Waals surface area contributed by atoms with Crippen molar-refractivity contribution in [2.45, 2.75) is 0 Å². The van der Waals surface area contributed by atoms with E-state index in [9.17, 15) is 4.79 Å². The third kappa shape index (κ3) is 2.88. The Morgan fingerprint density at radius 1 is 1.08 bits per heavy atom. The summed E-state index contributed by atoms with van der Waals surface area (Å²) in [5.74, 6) is 0.696. The number of fused-ring (bicyclic) bond motifs is 1. The number of nitrogens with one attached hydrogen (secondary N) is 2. The second-order valence-electron chi connectivity index (χ2n) is 5.76. The van der Waals surface area contributed by atoms with Gasteiger partial charge in [-0.15, -0.1) is 0 Å². The molecule has 1 amide bonds. The smallest absolute Gasteiger partial charge is 0.251 e. The summed E-state index contributed by atoms with van der Waals surface area (Å²) in [4.78, 5) is 20.8. The van der Waals surface area contributed by atoms with Gasteiger partial charge in [0.25, 0.3) is 5.91 Å². The van der Waals surface area contributed by atoms with Crippen LogP contribution in [-0.2, 0) is 0 Å². The molecule has 0 spiro atoms. The number of anilines is 2. The summed E-state index contributed by atoms with van der Waals surface area (Å²) in [5, 5.41) is 6.05. The number of imidazole rings is 1. The first-order chi connectivity index (χ1) is 12.8. The van der Waals surface area contributed by atoms with Crippen LogP contribution in [0.2, 0.25) is 0 Å². The monoisotopic (exact) mass is 343 g/mol. The van der Waals surface area contributed by atoms with Crippen LogP contribution < -0.4 is 10.6 Å². The highest BCUT2D eigenvalue weighted by Gasteiger charge is 2.14. The summed E-state index contributed by atoms with van der Waals surface area (Å²) in [7, 11) is 1.62. The van der Waals surface area contributed by atoms with Crippen LogP contribution in [0.15, 0.2) is 73.2 Å². The molecule has 0 atom stereocenters. The molecule has 128 valence electrons. The van der Waals surface area contributed by atoms with Crippen LogP contribution in [0.4, 0.5) is 11.5 Å². The Bertz CT molecular complexity index is 1070. The minimum Gasteiger partial charge on any atom is -0.355 e. The van der Waals surface area contributed by atoms with E-state index in [4.69, 9.17) is 4.98 Å². The lowest BCUT2D eigenvalue weighted by Crippen LogP contribution is -2.17. The zero-order valence-corrected chi connectivity index (χ0v) is 14.2. The van der Waals surface area contributed by atoms with Crippen molar-refractivity contribution in [3.8, 4) is 11.3 Å². The molecule has 6 nitrogen and oxygen atoms in total. The number of benzene rings is 2. The van der Waals surface area contributed by atoms with Crippen molar-refractivity contribution in [1.82, 2.24) is 19.7 Å². The molecule has 2 N–H and O–H groups in total. The minimum absolute atomic E-state index is 0.126. The van der Waals surface area contributed by atoms with E-state index in [1.165, 1.54) is 0 Å². The molecule has 2 aromatic carbocycles. The van der Waals surface area contributed by atoms with Crippen molar-refractivity contribution in [2.24, 2.45) is 0 Å². The Hall–Kier alpha value is -3.67. The molecular formula is C20H17N5O. The molecule has 0 saturated carbocycles. The molecule has 0 radical (unpaired) electrons. The third-order valence-electron chi connectivity index (χ3n) is 4.09. The van der Waals surface area contributed by atoms with Gasteiger partial charge >= 0.3 is 0 Å². The summed E-state index contributed by atoms with van der Waals surface area (Å²) in [5.41, 5.74) is 3.97. The SMILES string of the molecule is CNC(=O)c1cccc(Nc2c(-c3ccccc3)nc3cnccn23)c1. The molecular weight excluding hydrogens is 326 g/mol. The lowest BCUT2D eigenvalue weighted by molar-refractivity contribution is 0.0963. The van der Waals surface area contributed by atoms with Gasteiger partial charge in [0.05, 0.1) is 6.20 Å². The first-order valence-electron chi connectivity index (χ1n) is 8.23. The Morgan fingerprint density at radius 2 is 1.92 bits per heavy atom. The maximum atomic E-state index is 11.9. The van der Waals surface area contributed by atoms with Gasteiger partial charge in [0, 0.05) is 36.3 Å². The van der Waals surface area contributed by atoms with Gasteiger partial charge in [0.15, 0.2) is 5.65 Å². The number of hydrogen-bond donors (Lipinski definition) is 2. The van der Waals surface area contributed by atoms with E-state index in [0.29, 0.717) is 5.56 Å². The van der Waals surface area contributed by atoms with Gasteiger partial charge in [0.1, 0.15) is 11.5 Å². The first-order valence-corrected chi connectivity index (χ1v) is 8.23. The van der Waals surface area contributed by atoms with Gasteiger partial charge in [-0.25, -0.2) is 4.98 Å². The molecule has 4 rings (SSSR count). The van der Waals surface area contributed by atoms with Gasteiger partial charge in [-0.2, -0.15) is 0 Å². The van der Waals surface area contributed by atoms with Crippen molar-refractivity contribution < 1.29 is 4.79 Å². The summed E-state index contributed by atoms with van der Waals surface area (Å²) in [6, 6.07) is 17.3. The fourth-order valence-corrected chi connectivity index (χ4v) is 2.84. The number of rotatable bonds is 4. The second-order valence-corrected chi connectivity index (χ2v) is 5.76. The standard InChI is InChI=1S/C20H17N5O/c1-21-20(26)15-8-5-9-16(12-15)23-19-18(14-6-3-2-4-7-14)24-17-13-22-10-11-25(17)19/h2-13,23H,1H3,(H,21,26). The minimum atomic E-state index is -0.126. The van der Waals surface area contributed by atoms with Crippen molar-refractivity contribution in [3.63, 3.8) is 0 Å². The molecule has 2 heterocycles. The van der Waals surface area contributed by atoms with Crippen LogP contribution in [0.5, 0.6) is 0 Å². The largest absolute Gasteiger partial charge is 0.355 e.